The molecular formula is C18H27N3O3. The van der Waals surface area contributed by atoms with Crippen molar-refractivity contribution in [2.45, 2.75) is 40.2 Å². The van der Waals surface area contributed by atoms with E-state index in [0.717, 1.165) is 12.0 Å². The molecule has 1 unspecified atom stereocenters. The second-order valence-electron chi connectivity index (χ2n) is 6.32. The molecular weight excluding hydrogens is 306 g/mol. The zero-order chi connectivity index (χ0) is 18.1. The van der Waals surface area contributed by atoms with Crippen molar-refractivity contribution in [3.63, 3.8) is 0 Å². The maximum atomic E-state index is 11.9. The van der Waals surface area contributed by atoms with Crippen molar-refractivity contribution in [2.24, 2.45) is 5.92 Å². The number of rotatable bonds is 8. The topological polar surface area (TPSA) is 87.3 Å². The minimum atomic E-state index is -0.397. The highest BCUT2D eigenvalue weighted by Gasteiger charge is 2.11. The molecule has 1 aromatic carbocycles. The molecule has 0 aliphatic rings. The molecule has 0 aliphatic heterocycles. The molecule has 24 heavy (non-hydrogen) atoms. The Morgan fingerprint density at radius 2 is 1.50 bits per heavy atom. The van der Waals surface area contributed by atoms with Crippen LogP contribution in [0.5, 0.6) is 0 Å². The molecule has 1 aromatic rings. The molecule has 1 atom stereocenters. The molecule has 6 nitrogen and oxygen atoms in total. The lowest BCUT2D eigenvalue weighted by Gasteiger charge is -2.15. The number of amides is 3. The van der Waals surface area contributed by atoms with Crippen LogP contribution in [-0.4, -0.2) is 30.8 Å². The van der Waals surface area contributed by atoms with Crippen LogP contribution in [0.2, 0.25) is 0 Å². The summed E-state index contributed by atoms with van der Waals surface area (Å²) in [6.07, 6.45) is 1.03. The van der Waals surface area contributed by atoms with Crippen molar-refractivity contribution in [2.75, 3.05) is 13.1 Å². The molecule has 0 radical (unpaired) electrons. The molecule has 1 rings (SSSR count). The predicted molar refractivity (Wildman–Crippen MR) is 93.2 cm³/mol. The smallest absolute Gasteiger partial charge is 0.239 e. The van der Waals surface area contributed by atoms with Crippen LogP contribution < -0.4 is 16.0 Å². The fourth-order valence-corrected chi connectivity index (χ4v) is 2.24. The zero-order valence-electron chi connectivity index (χ0n) is 14.8. The summed E-state index contributed by atoms with van der Waals surface area (Å²) in [5.41, 5.74) is 2.29. The van der Waals surface area contributed by atoms with Crippen LogP contribution in [0.25, 0.3) is 0 Å². The van der Waals surface area contributed by atoms with Gasteiger partial charge in [-0.05, 0) is 30.4 Å². The standard InChI is InChI=1S/C18H27N3O3/c1-12(2)9-15-5-7-16(8-6-15)13(3)21-18(24)11-20-17(23)10-19-14(4)22/h5-8,12-13H,9-11H2,1-4H3,(H,19,22)(H,20,23)(H,21,24). The monoisotopic (exact) mass is 333 g/mol. The molecule has 0 heterocycles. The first-order valence-corrected chi connectivity index (χ1v) is 8.17. The first kappa shape index (κ1) is 19.7. The fourth-order valence-electron chi connectivity index (χ4n) is 2.24. The Morgan fingerprint density at radius 1 is 0.917 bits per heavy atom. The molecule has 0 fully saturated rings. The largest absolute Gasteiger partial charge is 0.348 e. The van der Waals surface area contributed by atoms with Crippen LogP contribution in [0.4, 0.5) is 0 Å². The van der Waals surface area contributed by atoms with Gasteiger partial charge in [-0.1, -0.05) is 38.1 Å². The van der Waals surface area contributed by atoms with Crippen LogP contribution in [0.1, 0.15) is 44.9 Å². The third kappa shape index (κ3) is 7.76. The van der Waals surface area contributed by atoms with Gasteiger partial charge in [-0.25, -0.2) is 0 Å². The summed E-state index contributed by atoms with van der Waals surface area (Å²) in [6, 6.07) is 8.04. The summed E-state index contributed by atoms with van der Waals surface area (Å²) in [5.74, 6) is -0.353. The molecule has 3 N–H and O–H groups in total. The molecule has 0 bridgehead atoms. The lowest BCUT2D eigenvalue weighted by Crippen LogP contribution is -2.42. The minimum absolute atomic E-state index is 0.117. The number of carbonyl (C=O) groups is 3. The molecule has 0 spiro atoms. The third-order valence-electron chi connectivity index (χ3n) is 3.45. The normalized spacial score (nSPS) is 11.7. The summed E-state index contributed by atoms with van der Waals surface area (Å²) >= 11 is 0. The number of benzene rings is 1. The number of hydrogen-bond donors (Lipinski definition) is 3. The summed E-state index contributed by atoms with van der Waals surface area (Å²) in [6.45, 7) is 7.33. The van der Waals surface area contributed by atoms with E-state index in [-0.39, 0.29) is 30.9 Å². The van der Waals surface area contributed by atoms with Crippen LogP contribution >= 0.6 is 0 Å². The van der Waals surface area contributed by atoms with Gasteiger partial charge in [0, 0.05) is 6.92 Å². The molecule has 3 amide bonds. The summed E-state index contributed by atoms with van der Waals surface area (Å²) in [7, 11) is 0. The average molecular weight is 333 g/mol. The highest BCUT2D eigenvalue weighted by atomic mass is 16.2. The molecule has 6 heteroatoms. The fraction of sp³-hybridized carbons (Fsp3) is 0.500. The van der Waals surface area contributed by atoms with Crippen molar-refractivity contribution in [3.05, 3.63) is 35.4 Å². The van der Waals surface area contributed by atoms with Crippen molar-refractivity contribution >= 4 is 17.7 Å². The van der Waals surface area contributed by atoms with Gasteiger partial charge >= 0.3 is 0 Å². The first-order valence-electron chi connectivity index (χ1n) is 8.17. The first-order chi connectivity index (χ1) is 11.3. The van der Waals surface area contributed by atoms with Gasteiger partial charge in [0.2, 0.25) is 17.7 Å². The van der Waals surface area contributed by atoms with E-state index in [1.54, 1.807) is 0 Å². The van der Waals surface area contributed by atoms with E-state index in [4.69, 9.17) is 0 Å². The Bertz CT molecular complexity index is 567. The van der Waals surface area contributed by atoms with Crippen LogP contribution in [0.3, 0.4) is 0 Å². The minimum Gasteiger partial charge on any atom is -0.348 e. The van der Waals surface area contributed by atoms with Crippen LogP contribution in [0, 0.1) is 5.92 Å². The van der Waals surface area contributed by atoms with Gasteiger partial charge in [0.15, 0.2) is 0 Å². The maximum absolute atomic E-state index is 11.9. The van der Waals surface area contributed by atoms with Gasteiger partial charge in [0.25, 0.3) is 0 Å². The van der Waals surface area contributed by atoms with Gasteiger partial charge in [-0.2, -0.15) is 0 Å². The molecule has 0 saturated heterocycles. The summed E-state index contributed by atoms with van der Waals surface area (Å²) in [4.78, 5) is 34.0. The van der Waals surface area contributed by atoms with E-state index >= 15 is 0 Å². The number of nitrogens with one attached hydrogen (secondary N) is 3. The SMILES string of the molecule is CC(=O)NCC(=O)NCC(=O)NC(C)c1ccc(CC(C)C)cc1. The molecule has 132 valence electrons. The van der Waals surface area contributed by atoms with E-state index in [1.165, 1.54) is 12.5 Å². The number of hydrogen-bond acceptors (Lipinski definition) is 3. The molecule has 0 aromatic heterocycles. The Kier molecular flexibility index (Phi) is 7.95. The Hall–Kier alpha value is -2.37. The van der Waals surface area contributed by atoms with Crippen LogP contribution in [-0.2, 0) is 20.8 Å². The van der Waals surface area contributed by atoms with Crippen molar-refractivity contribution < 1.29 is 14.4 Å². The van der Waals surface area contributed by atoms with Crippen molar-refractivity contribution in [3.8, 4) is 0 Å². The van der Waals surface area contributed by atoms with Gasteiger partial charge < -0.3 is 16.0 Å². The van der Waals surface area contributed by atoms with Gasteiger partial charge in [-0.15, -0.1) is 0 Å². The van der Waals surface area contributed by atoms with Gasteiger partial charge in [0.1, 0.15) is 0 Å². The Morgan fingerprint density at radius 3 is 2.04 bits per heavy atom. The summed E-state index contributed by atoms with van der Waals surface area (Å²) in [5, 5.41) is 7.67. The number of carbonyl (C=O) groups excluding carboxylic acids is 3. The van der Waals surface area contributed by atoms with Crippen LogP contribution in [0.15, 0.2) is 24.3 Å². The highest BCUT2D eigenvalue weighted by molar-refractivity contribution is 5.87. The Balaban J connectivity index is 2.40. The summed E-state index contributed by atoms with van der Waals surface area (Å²) < 4.78 is 0. The maximum Gasteiger partial charge on any atom is 0.239 e. The Labute approximate surface area is 143 Å². The quantitative estimate of drug-likeness (QED) is 0.670. The van der Waals surface area contributed by atoms with E-state index in [0.29, 0.717) is 5.92 Å². The van der Waals surface area contributed by atoms with Crippen molar-refractivity contribution in [1.82, 2.24) is 16.0 Å². The average Bonchev–Trinajstić information content (AvgIpc) is 2.51. The van der Waals surface area contributed by atoms with E-state index in [1.807, 2.05) is 19.1 Å². The predicted octanol–water partition coefficient (Wildman–Crippen LogP) is 1.31. The lowest BCUT2D eigenvalue weighted by atomic mass is 10.00. The van der Waals surface area contributed by atoms with Gasteiger partial charge in [0.05, 0.1) is 19.1 Å². The highest BCUT2D eigenvalue weighted by Crippen LogP contribution is 2.15. The van der Waals surface area contributed by atoms with E-state index < -0.39 is 5.91 Å². The third-order valence-corrected chi connectivity index (χ3v) is 3.45. The zero-order valence-corrected chi connectivity index (χ0v) is 14.8. The van der Waals surface area contributed by atoms with E-state index in [9.17, 15) is 14.4 Å². The molecule has 0 saturated carbocycles. The van der Waals surface area contributed by atoms with Crippen molar-refractivity contribution in [1.29, 1.82) is 0 Å². The van der Waals surface area contributed by atoms with Gasteiger partial charge in [-0.3, -0.25) is 14.4 Å². The molecule has 0 aliphatic carbocycles. The van der Waals surface area contributed by atoms with E-state index in [2.05, 4.69) is 41.9 Å². The lowest BCUT2D eigenvalue weighted by molar-refractivity contribution is -0.127. The second kappa shape index (κ2) is 9.70. The second-order valence-corrected chi connectivity index (χ2v) is 6.32.